The lowest BCUT2D eigenvalue weighted by molar-refractivity contribution is -0.116. The van der Waals surface area contributed by atoms with Gasteiger partial charge in [0.2, 0.25) is 0 Å². The SMILES string of the molecule is CC(=O)CCC1=CC=CCCC1. The predicted molar refractivity (Wildman–Crippen MR) is 51.0 cm³/mol. The van der Waals surface area contributed by atoms with Crippen LogP contribution in [0.15, 0.2) is 23.8 Å². The van der Waals surface area contributed by atoms with Gasteiger partial charge < -0.3 is 4.79 Å². The van der Waals surface area contributed by atoms with Crippen LogP contribution in [0.4, 0.5) is 0 Å². The van der Waals surface area contributed by atoms with Crippen LogP contribution in [0.25, 0.3) is 0 Å². The lowest BCUT2D eigenvalue weighted by Gasteiger charge is -2.02. The fourth-order valence-electron chi connectivity index (χ4n) is 1.38. The van der Waals surface area contributed by atoms with Crippen molar-refractivity contribution in [2.45, 2.75) is 39.0 Å². The fraction of sp³-hybridized carbons (Fsp3) is 0.545. The zero-order valence-corrected chi connectivity index (χ0v) is 7.68. The fourth-order valence-corrected chi connectivity index (χ4v) is 1.38. The third-order valence-corrected chi connectivity index (χ3v) is 2.13. The van der Waals surface area contributed by atoms with Gasteiger partial charge in [-0.3, -0.25) is 0 Å². The number of rotatable bonds is 3. The van der Waals surface area contributed by atoms with E-state index in [9.17, 15) is 4.79 Å². The first kappa shape index (κ1) is 9.24. The summed E-state index contributed by atoms with van der Waals surface area (Å²) in [7, 11) is 0. The number of carbonyl (C=O) groups excluding carboxylic acids is 1. The van der Waals surface area contributed by atoms with Crippen molar-refractivity contribution in [3.8, 4) is 0 Å². The van der Waals surface area contributed by atoms with Crippen LogP contribution in [0.2, 0.25) is 0 Å². The molecule has 0 saturated heterocycles. The molecule has 0 unspecified atom stereocenters. The van der Waals surface area contributed by atoms with Crippen LogP contribution >= 0.6 is 0 Å². The Labute approximate surface area is 74.2 Å². The molecular weight excluding hydrogens is 148 g/mol. The topological polar surface area (TPSA) is 17.1 Å². The molecule has 1 nitrogen and oxygen atoms in total. The largest absolute Gasteiger partial charge is 0.300 e. The molecule has 0 amide bonds. The summed E-state index contributed by atoms with van der Waals surface area (Å²) in [5.74, 6) is 0.295. The van der Waals surface area contributed by atoms with Crippen LogP contribution in [0.1, 0.15) is 39.0 Å². The monoisotopic (exact) mass is 164 g/mol. The Morgan fingerprint density at radius 2 is 2.42 bits per heavy atom. The van der Waals surface area contributed by atoms with Gasteiger partial charge in [-0.2, -0.15) is 0 Å². The normalized spacial score (nSPS) is 16.9. The van der Waals surface area contributed by atoms with E-state index in [0.717, 1.165) is 6.42 Å². The van der Waals surface area contributed by atoms with E-state index in [1.165, 1.54) is 24.8 Å². The Kier molecular flexibility index (Phi) is 3.78. The minimum Gasteiger partial charge on any atom is -0.300 e. The third-order valence-electron chi connectivity index (χ3n) is 2.13. The quantitative estimate of drug-likeness (QED) is 0.626. The van der Waals surface area contributed by atoms with Crippen molar-refractivity contribution in [1.29, 1.82) is 0 Å². The Bertz CT molecular complexity index is 211. The molecular formula is C11H16O. The zero-order valence-electron chi connectivity index (χ0n) is 7.68. The molecule has 1 rings (SSSR count). The van der Waals surface area contributed by atoms with Gasteiger partial charge in [0.05, 0.1) is 0 Å². The van der Waals surface area contributed by atoms with Crippen LogP contribution in [0.3, 0.4) is 0 Å². The van der Waals surface area contributed by atoms with Crippen LogP contribution in [-0.2, 0) is 4.79 Å². The number of allylic oxidation sites excluding steroid dienone is 4. The highest BCUT2D eigenvalue weighted by atomic mass is 16.1. The maximum atomic E-state index is 10.7. The van der Waals surface area contributed by atoms with Crippen molar-refractivity contribution >= 4 is 5.78 Å². The average Bonchev–Trinajstić information content (AvgIpc) is 2.28. The number of ketones is 1. The highest BCUT2D eigenvalue weighted by molar-refractivity contribution is 5.75. The Balaban J connectivity index is 2.35. The zero-order chi connectivity index (χ0) is 8.81. The summed E-state index contributed by atoms with van der Waals surface area (Å²) >= 11 is 0. The molecule has 0 fully saturated rings. The molecule has 0 atom stereocenters. The van der Waals surface area contributed by atoms with E-state index in [2.05, 4.69) is 18.2 Å². The molecule has 0 aromatic rings. The predicted octanol–water partition coefficient (Wildman–Crippen LogP) is 3.02. The number of Topliss-reactive ketones (excluding diaryl/α,β-unsaturated/α-hetero) is 1. The second-order valence-electron chi connectivity index (χ2n) is 3.35. The molecule has 0 spiro atoms. The van der Waals surface area contributed by atoms with Gasteiger partial charge in [0.25, 0.3) is 0 Å². The molecule has 1 aliphatic carbocycles. The summed E-state index contributed by atoms with van der Waals surface area (Å²) in [5, 5.41) is 0. The molecule has 0 aromatic heterocycles. The van der Waals surface area contributed by atoms with Crippen molar-refractivity contribution in [1.82, 2.24) is 0 Å². The van der Waals surface area contributed by atoms with Gasteiger partial charge in [0, 0.05) is 6.42 Å². The molecule has 0 bridgehead atoms. The highest BCUT2D eigenvalue weighted by Crippen LogP contribution is 2.17. The molecule has 0 aromatic carbocycles. The molecule has 12 heavy (non-hydrogen) atoms. The average molecular weight is 164 g/mol. The van der Waals surface area contributed by atoms with Gasteiger partial charge in [-0.15, -0.1) is 0 Å². The van der Waals surface area contributed by atoms with Gasteiger partial charge >= 0.3 is 0 Å². The van der Waals surface area contributed by atoms with E-state index >= 15 is 0 Å². The van der Waals surface area contributed by atoms with E-state index < -0.39 is 0 Å². The van der Waals surface area contributed by atoms with Crippen molar-refractivity contribution < 1.29 is 4.79 Å². The molecule has 0 aliphatic heterocycles. The van der Waals surface area contributed by atoms with Crippen molar-refractivity contribution in [2.75, 3.05) is 0 Å². The van der Waals surface area contributed by atoms with Gasteiger partial charge in [-0.1, -0.05) is 23.8 Å². The standard InChI is InChI=1S/C11H16O/c1-10(12)8-9-11-6-4-2-3-5-7-11/h2,4,6H,3,5,7-9H2,1H3. The van der Waals surface area contributed by atoms with E-state index in [1.807, 2.05) is 0 Å². The van der Waals surface area contributed by atoms with E-state index in [1.54, 1.807) is 6.92 Å². The summed E-state index contributed by atoms with van der Waals surface area (Å²) in [4.78, 5) is 10.7. The number of hydrogen-bond donors (Lipinski definition) is 0. The van der Waals surface area contributed by atoms with Crippen LogP contribution in [0, 0.1) is 0 Å². The molecule has 0 saturated carbocycles. The van der Waals surface area contributed by atoms with Crippen molar-refractivity contribution in [3.63, 3.8) is 0 Å². The number of carbonyl (C=O) groups is 1. The van der Waals surface area contributed by atoms with Crippen molar-refractivity contribution in [2.24, 2.45) is 0 Å². The first-order valence-electron chi connectivity index (χ1n) is 4.63. The van der Waals surface area contributed by atoms with Crippen LogP contribution in [-0.4, -0.2) is 5.78 Å². The van der Waals surface area contributed by atoms with Crippen LogP contribution < -0.4 is 0 Å². The van der Waals surface area contributed by atoms with E-state index in [0.29, 0.717) is 12.2 Å². The van der Waals surface area contributed by atoms with Gasteiger partial charge in [0.15, 0.2) is 0 Å². The van der Waals surface area contributed by atoms with Gasteiger partial charge in [0.1, 0.15) is 5.78 Å². The Morgan fingerprint density at radius 3 is 3.17 bits per heavy atom. The maximum absolute atomic E-state index is 10.7. The Hall–Kier alpha value is -0.850. The maximum Gasteiger partial charge on any atom is 0.130 e. The molecule has 0 heterocycles. The second-order valence-corrected chi connectivity index (χ2v) is 3.35. The van der Waals surface area contributed by atoms with Crippen LogP contribution in [0.5, 0.6) is 0 Å². The summed E-state index contributed by atoms with van der Waals surface area (Å²) in [5.41, 5.74) is 1.43. The number of hydrogen-bond acceptors (Lipinski definition) is 1. The lowest BCUT2D eigenvalue weighted by atomic mass is 10.0. The molecule has 0 N–H and O–H groups in total. The third kappa shape index (κ3) is 3.51. The summed E-state index contributed by atoms with van der Waals surface area (Å²) in [6.45, 7) is 1.66. The minimum absolute atomic E-state index is 0.295. The van der Waals surface area contributed by atoms with E-state index in [-0.39, 0.29) is 0 Å². The second kappa shape index (κ2) is 4.91. The summed E-state index contributed by atoms with van der Waals surface area (Å²) in [6.07, 6.45) is 11.7. The highest BCUT2D eigenvalue weighted by Gasteiger charge is 2.00. The van der Waals surface area contributed by atoms with Crippen molar-refractivity contribution in [3.05, 3.63) is 23.8 Å². The first-order chi connectivity index (χ1) is 5.79. The smallest absolute Gasteiger partial charge is 0.130 e. The first-order valence-corrected chi connectivity index (χ1v) is 4.63. The lowest BCUT2D eigenvalue weighted by Crippen LogP contribution is -1.91. The molecule has 1 heteroatoms. The van der Waals surface area contributed by atoms with E-state index in [4.69, 9.17) is 0 Å². The molecule has 1 aliphatic rings. The summed E-state index contributed by atoms with van der Waals surface area (Å²) < 4.78 is 0. The molecule has 66 valence electrons. The molecule has 0 radical (unpaired) electrons. The minimum atomic E-state index is 0.295. The van der Waals surface area contributed by atoms with Gasteiger partial charge in [-0.05, 0) is 32.6 Å². The summed E-state index contributed by atoms with van der Waals surface area (Å²) in [6, 6.07) is 0. The van der Waals surface area contributed by atoms with Gasteiger partial charge in [-0.25, -0.2) is 0 Å². The Morgan fingerprint density at radius 1 is 1.58 bits per heavy atom.